The van der Waals surface area contributed by atoms with Gasteiger partial charge in [0.2, 0.25) is 5.91 Å². The lowest BCUT2D eigenvalue weighted by Gasteiger charge is -2.41. The van der Waals surface area contributed by atoms with Gasteiger partial charge in [0.15, 0.2) is 0 Å². The predicted molar refractivity (Wildman–Crippen MR) is 104 cm³/mol. The molecule has 3 aliphatic heterocycles. The number of ether oxygens (including phenoxy) is 1. The summed E-state index contributed by atoms with van der Waals surface area (Å²) in [6.07, 6.45) is 4.49. The summed E-state index contributed by atoms with van der Waals surface area (Å²) in [6.45, 7) is 3.67. The molecular weight excluding hydrogens is 361 g/mol. The summed E-state index contributed by atoms with van der Waals surface area (Å²) in [7, 11) is 1.49. The lowest BCUT2D eigenvalue weighted by molar-refractivity contribution is -0.139. The topological polar surface area (TPSA) is 61.9 Å². The molecule has 28 heavy (non-hydrogen) atoms. The van der Waals surface area contributed by atoms with E-state index in [2.05, 4.69) is 15.1 Å². The average Bonchev–Trinajstić information content (AvgIpc) is 3.03. The van der Waals surface area contributed by atoms with E-state index in [1.165, 1.54) is 19.2 Å². The molecule has 7 heteroatoms. The molecule has 4 rings (SSSR count). The van der Waals surface area contributed by atoms with Gasteiger partial charge in [0.1, 0.15) is 5.82 Å². The number of hydrogen-bond acceptors (Lipinski definition) is 4. The largest absolute Gasteiger partial charge is 0.381 e. The van der Waals surface area contributed by atoms with E-state index in [1.54, 1.807) is 6.07 Å². The highest BCUT2D eigenvalue weighted by Gasteiger charge is 2.50. The number of carbonyl (C=O) groups is 2. The van der Waals surface area contributed by atoms with Gasteiger partial charge in [-0.25, -0.2) is 4.39 Å². The number of halogens is 1. The smallest absolute Gasteiger partial charge is 0.253 e. The first-order chi connectivity index (χ1) is 13.5. The molecule has 0 saturated carbocycles. The number of rotatable bonds is 3. The van der Waals surface area contributed by atoms with Crippen molar-refractivity contribution < 1.29 is 18.7 Å². The van der Waals surface area contributed by atoms with Gasteiger partial charge >= 0.3 is 0 Å². The highest BCUT2D eigenvalue weighted by Crippen LogP contribution is 2.43. The van der Waals surface area contributed by atoms with E-state index >= 15 is 0 Å². The summed E-state index contributed by atoms with van der Waals surface area (Å²) >= 11 is 0. The normalized spacial score (nSPS) is 26.1. The molecule has 0 aliphatic carbocycles. The van der Waals surface area contributed by atoms with Crippen LogP contribution in [0.15, 0.2) is 18.2 Å². The van der Waals surface area contributed by atoms with E-state index < -0.39 is 11.7 Å². The van der Waals surface area contributed by atoms with Gasteiger partial charge in [0.05, 0.1) is 11.0 Å². The van der Waals surface area contributed by atoms with Gasteiger partial charge < -0.3 is 19.9 Å². The number of nitrogens with zero attached hydrogens (tertiary/aromatic N) is 2. The van der Waals surface area contributed by atoms with Crippen molar-refractivity contribution in [3.8, 4) is 0 Å². The van der Waals surface area contributed by atoms with E-state index in [9.17, 15) is 14.0 Å². The molecule has 0 aromatic heterocycles. The van der Waals surface area contributed by atoms with Crippen LogP contribution in [-0.4, -0.2) is 62.7 Å². The van der Waals surface area contributed by atoms with Crippen LogP contribution in [0, 0.1) is 11.2 Å². The van der Waals surface area contributed by atoms with Crippen LogP contribution in [0.1, 0.15) is 42.5 Å². The first-order valence-electron chi connectivity index (χ1n) is 10.2. The van der Waals surface area contributed by atoms with Crippen LogP contribution in [-0.2, 0) is 9.53 Å². The maximum absolute atomic E-state index is 14.4. The quantitative estimate of drug-likeness (QED) is 0.861. The highest BCUT2D eigenvalue weighted by atomic mass is 19.1. The van der Waals surface area contributed by atoms with Crippen molar-refractivity contribution in [1.82, 2.24) is 10.2 Å². The second-order valence-corrected chi connectivity index (χ2v) is 8.14. The Hall–Kier alpha value is -2.15. The van der Waals surface area contributed by atoms with Crippen LogP contribution in [0.4, 0.5) is 10.1 Å². The lowest BCUT2D eigenvalue weighted by atomic mass is 9.78. The third-order valence-electron chi connectivity index (χ3n) is 6.54. The standard InChI is InChI=1S/C21H28FN3O3/c1-23-19(26)17-4-3-16(13-18(17)22)24-9-2-7-21(14-24)8-10-25(20(21)27)15-5-11-28-12-6-15/h3-4,13,15H,2,5-12,14H2,1H3,(H,23,26)/t21-/m1/s1. The van der Waals surface area contributed by atoms with Crippen molar-refractivity contribution in [1.29, 1.82) is 0 Å². The number of amides is 2. The maximum atomic E-state index is 14.4. The third kappa shape index (κ3) is 3.36. The molecule has 3 saturated heterocycles. The molecule has 1 aromatic carbocycles. The van der Waals surface area contributed by atoms with Gasteiger partial charge in [-0.05, 0) is 50.3 Å². The number of piperidine rings is 1. The van der Waals surface area contributed by atoms with Crippen molar-refractivity contribution in [2.45, 2.75) is 38.1 Å². The van der Waals surface area contributed by atoms with Crippen LogP contribution in [0.3, 0.4) is 0 Å². The molecule has 1 spiro atoms. The third-order valence-corrected chi connectivity index (χ3v) is 6.54. The summed E-state index contributed by atoms with van der Waals surface area (Å²) < 4.78 is 19.9. The van der Waals surface area contributed by atoms with E-state index in [0.29, 0.717) is 12.6 Å². The van der Waals surface area contributed by atoms with E-state index in [0.717, 1.165) is 64.1 Å². The molecule has 1 N–H and O–H groups in total. The van der Waals surface area contributed by atoms with Crippen molar-refractivity contribution in [2.24, 2.45) is 5.41 Å². The summed E-state index contributed by atoms with van der Waals surface area (Å²) in [5.41, 5.74) is 0.411. The van der Waals surface area contributed by atoms with Crippen LogP contribution >= 0.6 is 0 Å². The summed E-state index contributed by atoms with van der Waals surface area (Å²) in [5.74, 6) is -0.707. The lowest BCUT2D eigenvalue weighted by Crippen LogP contribution is -2.50. The second kappa shape index (κ2) is 7.70. The zero-order valence-electron chi connectivity index (χ0n) is 16.4. The van der Waals surface area contributed by atoms with E-state index in [4.69, 9.17) is 4.74 Å². The minimum atomic E-state index is -0.530. The Morgan fingerprint density at radius 1 is 1.25 bits per heavy atom. The molecule has 0 unspecified atom stereocenters. The minimum Gasteiger partial charge on any atom is -0.381 e. The Labute approximate surface area is 165 Å². The second-order valence-electron chi connectivity index (χ2n) is 8.14. The molecule has 0 radical (unpaired) electrons. The Balaban J connectivity index is 1.51. The zero-order chi connectivity index (χ0) is 19.7. The van der Waals surface area contributed by atoms with Crippen LogP contribution in [0.5, 0.6) is 0 Å². The molecule has 1 atom stereocenters. The van der Waals surface area contributed by atoms with Gasteiger partial charge in [-0.2, -0.15) is 0 Å². The van der Waals surface area contributed by atoms with Gasteiger partial charge in [0.25, 0.3) is 5.91 Å². The number of anilines is 1. The molecule has 0 bridgehead atoms. The number of benzene rings is 1. The van der Waals surface area contributed by atoms with Crippen LogP contribution in [0.25, 0.3) is 0 Å². The molecule has 3 fully saturated rings. The van der Waals surface area contributed by atoms with Gasteiger partial charge in [-0.3, -0.25) is 9.59 Å². The van der Waals surface area contributed by atoms with Gasteiger partial charge in [0, 0.05) is 51.6 Å². The fourth-order valence-electron chi connectivity index (χ4n) is 4.94. The van der Waals surface area contributed by atoms with Crippen molar-refractivity contribution in [3.63, 3.8) is 0 Å². The summed E-state index contributed by atoms with van der Waals surface area (Å²) in [5, 5.41) is 2.45. The predicted octanol–water partition coefficient (Wildman–Crippen LogP) is 2.18. The number of hydrogen-bond donors (Lipinski definition) is 1. The molecule has 152 valence electrons. The molecule has 1 aromatic rings. The SMILES string of the molecule is CNC(=O)c1ccc(N2CCC[C@@]3(CCN(C4CCOCC4)C3=O)C2)cc1F. The Kier molecular flexibility index (Phi) is 5.27. The average molecular weight is 389 g/mol. The van der Waals surface area contributed by atoms with Gasteiger partial charge in [-0.15, -0.1) is 0 Å². The fourth-order valence-corrected chi connectivity index (χ4v) is 4.94. The molecule has 3 aliphatic rings. The molecule has 2 amide bonds. The minimum absolute atomic E-state index is 0.0422. The first-order valence-corrected chi connectivity index (χ1v) is 10.2. The number of carbonyl (C=O) groups excluding carboxylic acids is 2. The summed E-state index contributed by atoms with van der Waals surface area (Å²) in [6, 6.07) is 5.01. The number of nitrogens with one attached hydrogen (secondary N) is 1. The Morgan fingerprint density at radius 3 is 2.75 bits per heavy atom. The molecule has 6 nitrogen and oxygen atoms in total. The molecule has 3 heterocycles. The van der Waals surface area contributed by atoms with Crippen molar-refractivity contribution in [3.05, 3.63) is 29.6 Å². The van der Waals surface area contributed by atoms with Crippen molar-refractivity contribution >= 4 is 17.5 Å². The maximum Gasteiger partial charge on any atom is 0.253 e. The first kappa shape index (κ1) is 19.2. The van der Waals surface area contributed by atoms with Crippen LogP contribution in [0.2, 0.25) is 0 Å². The monoisotopic (exact) mass is 389 g/mol. The number of likely N-dealkylation sites (tertiary alicyclic amines) is 1. The zero-order valence-corrected chi connectivity index (χ0v) is 16.4. The Bertz CT molecular complexity index is 765. The Morgan fingerprint density at radius 2 is 2.04 bits per heavy atom. The van der Waals surface area contributed by atoms with E-state index in [-0.39, 0.29) is 16.9 Å². The fraction of sp³-hybridized carbons (Fsp3) is 0.619. The molecular formula is C21H28FN3O3. The van der Waals surface area contributed by atoms with Crippen molar-refractivity contribution in [2.75, 3.05) is 44.8 Å². The van der Waals surface area contributed by atoms with Crippen LogP contribution < -0.4 is 10.2 Å². The van der Waals surface area contributed by atoms with Gasteiger partial charge in [-0.1, -0.05) is 0 Å². The highest BCUT2D eigenvalue weighted by molar-refractivity contribution is 5.94. The summed E-state index contributed by atoms with van der Waals surface area (Å²) in [4.78, 5) is 29.2. The van der Waals surface area contributed by atoms with E-state index in [1.807, 2.05) is 0 Å².